The summed E-state index contributed by atoms with van der Waals surface area (Å²) < 4.78 is 6.41. The van der Waals surface area contributed by atoms with Gasteiger partial charge in [-0.3, -0.25) is 4.79 Å². The Labute approximate surface area is 218 Å². The number of amides is 3. The zero-order valence-corrected chi connectivity index (χ0v) is 21.2. The van der Waals surface area contributed by atoms with Crippen molar-refractivity contribution in [3.63, 3.8) is 0 Å². The van der Waals surface area contributed by atoms with E-state index in [0.29, 0.717) is 41.6 Å². The van der Waals surface area contributed by atoms with Crippen molar-refractivity contribution in [2.45, 2.75) is 6.61 Å². The molecule has 1 N–H and O–H groups in total. The second-order valence-electron chi connectivity index (χ2n) is 6.94. The number of hydrogen-bond donors (Lipinski definition) is 1. The molecule has 3 aromatic carbocycles. The van der Waals surface area contributed by atoms with Gasteiger partial charge in [0.1, 0.15) is 12.3 Å². The summed E-state index contributed by atoms with van der Waals surface area (Å²) >= 11 is 27.9. The Hall–Kier alpha value is -2.22. The lowest BCUT2D eigenvalue weighted by molar-refractivity contribution is -0.113. The lowest BCUT2D eigenvalue weighted by atomic mass is 10.1. The van der Waals surface area contributed by atoms with Crippen LogP contribution in [0.3, 0.4) is 0 Å². The molecule has 0 spiro atoms. The van der Waals surface area contributed by atoms with Crippen LogP contribution in [0.2, 0.25) is 20.1 Å². The number of halogens is 5. The molecule has 1 aliphatic heterocycles. The van der Waals surface area contributed by atoms with E-state index in [-0.39, 0.29) is 12.3 Å². The summed E-state index contributed by atoms with van der Waals surface area (Å²) in [5.41, 5.74) is 1.86. The summed E-state index contributed by atoms with van der Waals surface area (Å²) in [5.74, 6) is -0.0818. The Morgan fingerprint density at radius 1 is 0.909 bits per heavy atom. The highest BCUT2D eigenvalue weighted by molar-refractivity contribution is 9.10. The molecule has 1 aliphatic rings. The Morgan fingerprint density at radius 2 is 1.61 bits per heavy atom. The molecule has 3 amide bonds. The monoisotopic (exact) mass is 584 g/mol. The molecule has 168 valence electrons. The molecule has 1 heterocycles. The van der Waals surface area contributed by atoms with Crippen LogP contribution in [0.5, 0.6) is 5.75 Å². The van der Waals surface area contributed by atoms with Crippen molar-refractivity contribution in [1.82, 2.24) is 5.32 Å². The Balaban J connectivity index is 1.54. The fourth-order valence-corrected chi connectivity index (χ4v) is 4.69. The molecule has 0 radical (unpaired) electrons. The first-order valence-electron chi connectivity index (χ1n) is 9.41. The minimum Gasteiger partial charge on any atom is -0.486 e. The third-order valence-corrected chi connectivity index (χ3v) is 6.39. The highest BCUT2D eigenvalue weighted by atomic mass is 79.9. The number of imide groups is 1. The van der Waals surface area contributed by atoms with Gasteiger partial charge in [-0.1, -0.05) is 52.5 Å². The molecule has 0 unspecified atom stereocenters. The van der Waals surface area contributed by atoms with Gasteiger partial charge in [-0.25, -0.2) is 9.69 Å². The van der Waals surface area contributed by atoms with E-state index in [9.17, 15) is 9.59 Å². The highest BCUT2D eigenvalue weighted by Crippen LogP contribution is 2.36. The Bertz CT molecular complexity index is 1270. The van der Waals surface area contributed by atoms with Gasteiger partial charge < -0.3 is 10.1 Å². The van der Waals surface area contributed by atoms with E-state index in [2.05, 4.69) is 21.2 Å². The number of ether oxygens (including phenoxy) is 1. The van der Waals surface area contributed by atoms with E-state index < -0.39 is 11.9 Å². The van der Waals surface area contributed by atoms with Crippen molar-refractivity contribution in [2.24, 2.45) is 0 Å². The van der Waals surface area contributed by atoms with Crippen LogP contribution >= 0.6 is 62.3 Å². The molecular formula is C23H13BrCl4N2O3. The van der Waals surface area contributed by atoms with Gasteiger partial charge in [-0.2, -0.15) is 0 Å². The molecule has 1 fully saturated rings. The van der Waals surface area contributed by atoms with E-state index in [1.807, 2.05) is 0 Å². The zero-order chi connectivity index (χ0) is 23.7. The normalized spacial score (nSPS) is 14.7. The summed E-state index contributed by atoms with van der Waals surface area (Å²) in [7, 11) is 0. The molecule has 3 aromatic rings. The van der Waals surface area contributed by atoms with Crippen molar-refractivity contribution in [2.75, 3.05) is 4.90 Å². The molecular weight excluding hydrogens is 574 g/mol. The van der Waals surface area contributed by atoms with Gasteiger partial charge in [0.15, 0.2) is 5.75 Å². The first kappa shape index (κ1) is 23.9. The van der Waals surface area contributed by atoms with Gasteiger partial charge >= 0.3 is 6.03 Å². The van der Waals surface area contributed by atoms with Crippen molar-refractivity contribution in [3.05, 3.63) is 96.0 Å². The molecule has 33 heavy (non-hydrogen) atoms. The third-order valence-electron chi connectivity index (χ3n) is 4.68. The molecule has 4 rings (SSSR count). The van der Waals surface area contributed by atoms with Crippen LogP contribution in [0.1, 0.15) is 11.1 Å². The number of hydrogen-bond acceptors (Lipinski definition) is 3. The van der Waals surface area contributed by atoms with Gasteiger partial charge in [-0.05, 0) is 76.1 Å². The van der Waals surface area contributed by atoms with Crippen LogP contribution in [0.15, 0.2) is 64.8 Å². The number of carbonyl (C=O) groups is 2. The fourth-order valence-electron chi connectivity index (χ4n) is 3.12. The summed E-state index contributed by atoms with van der Waals surface area (Å²) in [6, 6.07) is 14.3. The number of urea groups is 1. The highest BCUT2D eigenvalue weighted by Gasteiger charge is 2.34. The predicted molar refractivity (Wildman–Crippen MR) is 135 cm³/mol. The van der Waals surface area contributed by atoms with Crippen LogP contribution in [0, 0.1) is 0 Å². The quantitative estimate of drug-likeness (QED) is 0.246. The molecule has 0 atom stereocenters. The van der Waals surface area contributed by atoms with E-state index in [4.69, 9.17) is 51.1 Å². The third kappa shape index (κ3) is 5.31. The number of nitrogens with zero attached hydrogens (tertiary/aromatic N) is 1. The summed E-state index contributed by atoms with van der Waals surface area (Å²) in [5, 5.41) is 4.41. The molecule has 0 bridgehead atoms. The number of carbonyl (C=O) groups excluding carboxylic acids is 2. The van der Waals surface area contributed by atoms with Gasteiger partial charge in [0.2, 0.25) is 0 Å². The standard InChI is InChI=1S/C23H13BrCl4N2O3/c24-17-7-12(8-19(28)21(17)33-11-13-1-2-15(26)10-18(13)27)9-20-22(31)30(23(32)29-20)16-5-3-14(25)4-6-16/h1-10H,11H2,(H,29,32)/b20-9+. The lowest BCUT2D eigenvalue weighted by Crippen LogP contribution is -2.30. The second-order valence-corrected chi connectivity index (χ2v) is 9.48. The first-order valence-corrected chi connectivity index (χ1v) is 11.7. The largest absolute Gasteiger partial charge is 0.486 e. The minimum absolute atomic E-state index is 0.111. The van der Waals surface area contributed by atoms with Gasteiger partial charge in [0.05, 0.1) is 15.2 Å². The second kappa shape index (κ2) is 9.95. The van der Waals surface area contributed by atoms with Crippen molar-refractivity contribution in [1.29, 1.82) is 0 Å². The minimum atomic E-state index is -0.557. The summed E-state index contributed by atoms with van der Waals surface area (Å²) in [6.45, 7) is 0.180. The zero-order valence-electron chi connectivity index (χ0n) is 16.5. The van der Waals surface area contributed by atoms with Crippen LogP contribution in [0.4, 0.5) is 10.5 Å². The maximum absolute atomic E-state index is 12.8. The average molecular weight is 587 g/mol. The number of anilines is 1. The van der Waals surface area contributed by atoms with E-state index in [1.54, 1.807) is 54.6 Å². The van der Waals surface area contributed by atoms with Gasteiger partial charge in [0.25, 0.3) is 5.91 Å². The number of benzene rings is 3. The van der Waals surface area contributed by atoms with E-state index in [0.717, 1.165) is 10.5 Å². The first-order chi connectivity index (χ1) is 15.7. The van der Waals surface area contributed by atoms with Gasteiger partial charge in [-0.15, -0.1) is 0 Å². The molecule has 10 heteroatoms. The van der Waals surface area contributed by atoms with Crippen molar-refractivity contribution in [3.8, 4) is 5.75 Å². The SMILES string of the molecule is O=C1N/C(=C/c2cc(Cl)c(OCc3ccc(Cl)cc3Cl)c(Br)c2)C(=O)N1c1ccc(Cl)cc1. The molecule has 0 saturated carbocycles. The summed E-state index contributed by atoms with van der Waals surface area (Å²) in [4.78, 5) is 26.2. The van der Waals surface area contributed by atoms with Gasteiger partial charge in [0, 0.05) is 20.6 Å². The molecule has 5 nitrogen and oxygen atoms in total. The van der Waals surface area contributed by atoms with Crippen LogP contribution < -0.4 is 15.0 Å². The topological polar surface area (TPSA) is 58.6 Å². The maximum atomic E-state index is 12.8. The average Bonchev–Trinajstić information content (AvgIpc) is 3.02. The predicted octanol–water partition coefficient (Wildman–Crippen LogP) is 7.74. The number of rotatable bonds is 5. The maximum Gasteiger partial charge on any atom is 0.333 e. The molecule has 1 saturated heterocycles. The van der Waals surface area contributed by atoms with Crippen LogP contribution in [-0.2, 0) is 11.4 Å². The lowest BCUT2D eigenvalue weighted by Gasteiger charge is -2.12. The smallest absolute Gasteiger partial charge is 0.333 e. The van der Waals surface area contributed by atoms with Crippen molar-refractivity contribution < 1.29 is 14.3 Å². The Kier molecular flexibility index (Phi) is 7.22. The van der Waals surface area contributed by atoms with E-state index >= 15 is 0 Å². The molecule has 0 aromatic heterocycles. The summed E-state index contributed by atoms with van der Waals surface area (Å²) in [6.07, 6.45) is 1.53. The van der Waals surface area contributed by atoms with E-state index in [1.165, 1.54) is 6.08 Å². The molecule has 0 aliphatic carbocycles. The van der Waals surface area contributed by atoms with Crippen LogP contribution in [-0.4, -0.2) is 11.9 Å². The van der Waals surface area contributed by atoms with Crippen LogP contribution in [0.25, 0.3) is 6.08 Å². The fraction of sp³-hybridized carbons (Fsp3) is 0.0435. The number of nitrogens with one attached hydrogen (secondary N) is 1. The Morgan fingerprint density at radius 3 is 2.27 bits per heavy atom. The van der Waals surface area contributed by atoms with Crippen molar-refractivity contribution >= 4 is 86.0 Å².